The van der Waals surface area contributed by atoms with E-state index in [9.17, 15) is 9.59 Å². The Labute approximate surface area is 179 Å². The molecule has 3 heterocycles. The van der Waals surface area contributed by atoms with Gasteiger partial charge in [0.15, 0.2) is 5.16 Å². The molecule has 0 spiro atoms. The van der Waals surface area contributed by atoms with Crippen molar-refractivity contribution < 1.29 is 4.79 Å². The van der Waals surface area contributed by atoms with Crippen LogP contribution in [0.3, 0.4) is 0 Å². The lowest BCUT2D eigenvalue weighted by Gasteiger charge is -2.40. The van der Waals surface area contributed by atoms with E-state index >= 15 is 0 Å². The molecule has 1 fully saturated rings. The summed E-state index contributed by atoms with van der Waals surface area (Å²) in [5.74, 6) is 0.584. The fraction of sp³-hybridized carbons (Fsp3) is 0.455. The molecule has 1 amide bonds. The maximum absolute atomic E-state index is 13.2. The molecule has 2 aromatic heterocycles. The van der Waals surface area contributed by atoms with Gasteiger partial charge in [-0.15, -0.1) is 16.8 Å². The highest BCUT2D eigenvalue weighted by Crippen LogP contribution is 2.30. The topological polar surface area (TPSA) is 72.5 Å². The van der Waals surface area contributed by atoms with Gasteiger partial charge in [0.05, 0.1) is 16.2 Å². The van der Waals surface area contributed by atoms with E-state index in [2.05, 4.69) is 30.6 Å². The summed E-state index contributed by atoms with van der Waals surface area (Å²) in [4.78, 5) is 28.2. The summed E-state index contributed by atoms with van der Waals surface area (Å²) in [5, 5.41) is 9.52. The van der Waals surface area contributed by atoms with E-state index in [0.717, 1.165) is 24.8 Å². The number of carbonyl (C=O) groups excluding carboxylic acids is 1. The first kappa shape index (κ1) is 20.7. The quantitative estimate of drug-likeness (QED) is 0.462. The highest BCUT2D eigenvalue weighted by molar-refractivity contribution is 8.00. The number of nitrogens with zero attached hydrogens (tertiary/aromatic N) is 5. The number of para-hydroxylation sites is 1. The van der Waals surface area contributed by atoms with Crippen LogP contribution in [0.1, 0.15) is 40.0 Å². The van der Waals surface area contributed by atoms with Gasteiger partial charge < -0.3 is 4.90 Å². The number of rotatable bonds is 5. The fourth-order valence-electron chi connectivity index (χ4n) is 4.38. The maximum atomic E-state index is 13.2. The van der Waals surface area contributed by atoms with Gasteiger partial charge in [0, 0.05) is 18.6 Å². The van der Waals surface area contributed by atoms with Crippen molar-refractivity contribution in [1.29, 1.82) is 0 Å². The zero-order valence-electron chi connectivity index (χ0n) is 17.6. The SMILES string of the molecule is C=CCn1c(=O)c2ccccc2n2c(S[C@H](C)C(=O)N3[C@@H](C)CCC[C@@H]3C)nnc12. The van der Waals surface area contributed by atoms with Crippen LogP contribution in [0, 0.1) is 0 Å². The molecule has 30 heavy (non-hydrogen) atoms. The molecular weight excluding hydrogens is 398 g/mol. The molecule has 1 aliphatic rings. The Morgan fingerprint density at radius 2 is 1.97 bits per heavy atom. The van der Waals surface area contributed by atoms with Gasteiger partial charge in [0.2, 0.25) is 11.7 Å². The molecule has 0 unspecified atom stereocenters. The molecule has 1 saturated heterocycles. The Bertz CT molecular complexity index is 1160. The lowest BCUT2D eigenvalue weighted by atomic mass is 9.97. The third-order valence-electron chi connectivity index (χ3n) is 5.87. The van der Waals surface area contributed by atoms with Crippen molar-refractivity contribution in [3.63, 3.8) is 0 Å². The Morgan fingerprint density at radius 1 is 1.27 bits per heavy atom. The first-order valence-corrected chi connectivity index (χ1v) is 11.3. The average molecular weight is 426 g/mol. The lowest BCUT2D eigenvalue weighted by molar-refractivity contribution is -0.136. The van der Waals surface area contributed by atoms with E-state index < -0.39 is 0 Å². The van der Waals surface area contributed by atoms with Crippen LogP contribution < -0.4 is 5.56 Å². The van der Waals surface area contributed by atoms with Crippen molar-refractivity contribution in [3.05, 3.63) is 47.3 Å². The van der Waals surface area contributed by atoms with E-state index in [1.165, 1.54) is 11.8 Å². The van der Waals surface area contributed by atoms with Gasteiger partial charge >= 0.3 is 0 Å². The number of aromatic nitrogens is 4. The lowest BCUT2D eigenvalue weighted by Crippen LogP contribution is -2.50. The van der Waals surface area contributed by atoms with Gasteiger partial charge in [0.25, 0.3) is 5.56 Å². The van der Waals surface area contributed by atoms with E-state index in [4.69, 9.17) is 0 Å². The Morgan fingerprint density at radius 3 is 2.67 bits per heavy atom. The van der Waals surface area contributed by atoms with Crippen LogP contribution in [0.5, 0.6) is 0 Å². The van der Waals surface area contributed by atoms with Crippen LogP contribution in [-0.2, 0) is 11.3 Å². The number of benzene rings is 1. The second-order valence-corrected chi connectivity index (χ2v) is 9.28. The third kappa shape index (κ3) is 3.43. The van der Waals surface area contributed by atoms with Crippen molar-refractivity contribution >= 4 is 34.3 Å². The molecule has 1 aliphatic heterocycles. The highest BCUT2D eigenvalue weighted by Gasteiger charge is 2.33. The standard InChI is InChI=1S/C22H27N5O2S/c1-5-13-25-20(29)17-11-6-7-12-18(17)27-21(25)23-24-22(27)30-16(4)19(28)26-14(2)9-8-10-15(26)3/h5-7,11-12,14-16H,1,8-10,13H2,2-4H3/t14-,15-,16+/m0/s1. The number of hydrogen-bond acceptors (Lipinski definition) is 5. The first-order valence-electron chi connectivity index (χ1n) is 10.4. The molecule has 0 saturated carbocycles. The molecule has 1 aromatic carbocycles. The third-order valence-corrected chi connectivity index (χ3v) is 6.90. The van der Waals surface area contributed by atoms with Crippen LogP contribution in [0.15, 0.2) is 46.9 Å². The average Bonchev–Trinajstić information content (AvgIpc) is 3.14. The van der Waals surface area contributed by atoms with Gasteiger partial charge in [-0.25, -0.2) is 0 Å². The van der Waals surface area contributed by atoms with Crippen molar-refractivity contribution in [1.82, 2.24) is 24.1 Å². The summed E-state index contributed by atoms with van der Waals surface area (Å²) in [7, 11) is 0. The molecule has 158 valence electrons. The summed E-state index contributed by atoms with van der Waals surface area (Å²) in [5.41, 5.74) is 0.617. The van der Waals surface area contributed by atoms with Gasteiger partial charge in [-0.05, 0) is 52.2 Å². The van der Waals surface area contributed by atoms with Crippen molar-refractivity contribution in [3.8, 4) is 0 Å². The van der Waals surface area contributed by atoms with Gasteiger partial charge in [-0.1, -0.05) is 30.0 Å². The normalized spacial score (nSPS) is 20.6. The molecule has 8 heteroatoms. The van der Waals surface area contributed by atoms with E-state index in [0.29, 0.717) is 22.9 Å². The summed E-state index contributed by atoms with van der Waals surface area (Å²) < 4.78 is 3.44. The van der Waals surface area contributed by atoms with E-state index in [1.807, 2.05) is 34.4 Å². The minimum Gasteiger partial charge on any atom is -0.336 e. The number of amides is 1. The van der Waals surface area contributed by atoms with Crippen molar-refractivity contribution in [2.75, 3.05) is 0 Å². The predicted octanol–water partition coefficient (Wildman–Crippen LogP) is 3.50. The minimum absolute atomic E-state index is 0.123. The molecule has 0 radical (unpaired) electrons. The molecule has 3 aromatic rings. The maximum Gasteiger partial charge on any atom is 0.263 e. The molecule has 0 aliphatic carbocycles. The Kier molecular flexibility index (Phi) is 5.69. The number of likely N-dealkylation sites (tertiary alicyclic amines) is 1. The smallest absolute Gasteiger partial charge is 0.263 e. The number of piperidine rings is 1. The molecule has 4 rings (SSSR count). The monoisotopic (exact) mass is 425 g/mol. The van der Waals surface area contributed by atoms with Gasteiger partial charge in [-0.2, -0.15) is 0 Å². The number of allylic oxidation sites excluding steroid dienone is 1. The van der Waals surface area contributed by atoms with Crippen LogP contribution in [0.4, 0.5) is 0 Å². The second kappa shape index (κ2) is 8.26. The molecule has 0 bridgehead atoms. The number of fused-ring (bicyclic) bond motifs is 3. The summed E-state index contributed by atoms with van der Waals surface area (Å²) in [6, 6.07) is 7.92. The Hall–Kier alpha value is -2.61. The zero-order valence-corrected chi connectivity index (χ0v) is 18.4. The zero-order chi connectivity index (χ0) is 21.4. The highest BCUT2D eigenvalue weighted by atomic mass is 32.2. The summed E-state index contributed by atoms with van der Waals surface area (Å²) in [6.07, 6.45) is 4.91. The number of carbonyl (C=O) groups is 1. The fourth-order valence-corrected chi connectivity index (χ4v) is 5.29. The molecule has 0 N–H and O–H groups in total. The predicted molar refractivity (Wildman–Crippen MR) is 120 cm³/mol. The molecule has 3 atom stereocenters. The number of thioether (sulfide) groups is 1. The van der Waals surface area contributed by atoms with E-state index in [1.54, 1.807) is 16.7 Å². The van der Waals surface area contributed by atoms with Crippen LogP contribution in [-0.4, -0.2) is 47.3 Å². The molecular formula is C22H27N5O2S. The second-order valence-electron chi connectivity index (χ2n) is 7.97. The minimum atomic E-state index is -0.307. The summed E-state index contributed by atoms with van der Waals surface area (Å²) in [6.45, 7) is 10.3. The van der Waals surface area contributed by atoms with Gasteiger partial charge in [0.1, 0.15) is 0 Å². The van der Waals surface area contributed by atoms with Crippen LogP contribution in [0.25, 0.3) is 16.7 Å². The van der Waals surface area contributed by atoms with E-state index in [-0.39, 0.29) is 28.8 Å². The van der Waals surface area contributed by atoms with Crippen LogP contribution in [0.2, 0.25) is 0 Å². The molecule has 7 nitrogen and oxygen atoms in total. The largest absolute Gasteiger partial charge is 0.336 e. The first-order chi connectivity index (χ1) is 14.4. The van der Waals surface area contributed by atoms with Crippen molar-refractivity contribution in [2.45, 2.75) is 69.1 Å². The van der Waals surface area contributed by atoms with Crippen molar-refractivity contribution in [2.24, 2.45) is 0 Å². The summed E-state index contributed by atoms with van der Waals surface area (Å²) >= 11 is 1.39. The number of hydrogen-bond donors (Lipinski definition) is 0. The van der Waals surface area contributed by atoms with Gasteiger partial charge in [-0.3, -0.25) is 18.6 Å². The Balaban J connectivity index is 1.76. The van der Waals surface area contributed by atoms with Crippen LogP contribution >= 0.6 is 11.8 Å².